The van der Waals surface area contributed by atoms with E-state index >= 15 is 0 Å². The molecule has 1 aromatic heterocycles. The molecule has 1 aliphatic rings. The number of ether oxygens (including phenoxy) is 1. The number of nitrogens with zero attached hydrogens (tertiary/aromatic N) is 4. The lowest BCUT2D eigenvalue weighted by Gasteiger charge is -2.30. The molecule has 0 spiro atoms. The Morgan fingerprint density at radius 1 is 1.31 bits per heavy atom. The number of methoxy groups -OCH3 is 1. The summed E-state index contributed by atoms with van der Waals surface area (Å²) in [5.41, 5.74) is 1.40. The van der Waals surface area contributed by atoms with Gasteiger partial charge in [0.25, 0.3) is 0 Å². The second-order valence-corrected chi connectivity index (χ2v) is 9.22. The summed E-state index contributed by atoms with van der Waals surface area (Å²) in [6.45, 7) is 4.63. The van der Waals surface area contributed by atoms with Crippen molar-refractivity contribution in [3.8, 4) is 0 Å². The first-order valence-electron chi connectivity index (χ1n) is 10.1. The smallest absolute Gasteiger partial charge is 0.243 e. The molecule has 1 aromatic carbocycles. The average Bonchev–Trinajstić information content (AvgIpc) is 3.13. The zero-order chi connectivity index (χ0) is 20.9. The third-order valence-electron chi connectivity index (χ3n) is 5.21. The van der Waals surface area contributed by atoms with Gasteiger partial charge in [-0.15, -0.1) is 5.10 Å². The van der Waals surface area contributed by atoms with Crippen molar-refractivity contribution in [2.75, 3.05) is 33.4 Å². The molecule has 1 N–H and O–H groups in total. The highest BCUT2D eigenvalue weighted by Crippen LogP contribution is 2.26. The topological polar surface area (TPSA) is 106 Å². The predicted octanol–water partition coefficient (Wildman–Crippen LogP) is 1.39. The van der Waals surface area contributed by atoms with Crippen LogP contribution in [0, 0.1) is 5.92 Å². The van der Waals surface area contributed by atoms with E-state index in [0.717, 1.165) is 24.9 Å². The lowest BCUT2D eigenvalue weighted by molar-refractivity contribution is -0.126. The summed E-state index contributed by atoms with van der Waals surface area (Å²) in [5.74, 6) is -0.160. The maximum atomic E-state index is 13.0. The Bertz CT molecular complexity index is 935. The average molecular weight is 424 g/mol. The number of hydrogen-bond acceptors (Lipinski definition) is 6. The van der Waals surface area contributed by atoms with Gasteiger partial charge in [-0.05, 0) is 43.9 Å². The fraction of sp³-hybridized carbons (Fsp3) is 0.632. The van der Waals surface area contributed by atoms with E-state index in [1.165, 1.54) is 4.31 Å². The van der Waals surface area contributed by atoms with Gasteiger partial charge < -0.3 is 10.1 Å². The van der Waals surface area contributed by atoms with Crippen LogP contribution in [0.15, 0.2) is 23.1 Å². The number of carbonyl (C=O) groups is 1. The fourth-order valence-electron chi connectivity index (χ4n) is 3.57. The number of aromatic nitrogens is 3. The van der Waals surface area contributed by atoms with Gasteiger partial charge in [-0.2, -0.15) is 4.31 Å². The number of hydrogen-bond donors (Lipinski definition) is 1. The highest BCUT2D eigenvalue weighted by atomic mass is 32.2. The van der Waals surface area contributed by atoms with Crippen molar-refractivity contribution in [2.24, 2.45) is 5.92 Å². The van der Waals surface area contributed by atoms with E-state index in [4.69, 9.17) is 4.74 Å². The maximum Gasteiger partial charge on any atom is 0.243 e. The van der Waals surface area contributed by atoms with Gasteiger partial charge in [-0.1, -0.05) is 12.1 Å². The van der Waals surface area contributed by atoms with Gasteiger partial charge in [-0.3, -0.25) is 4.79 Å². The van der Waals surface area contributed by atoms with Gasteiger partial charge in [0.05, 0.1) is 10.4 Å². The number of benzene rings is 1. The monoisotopic (exact) mass is 423 g/mol. The van der Waals surface area contributed by atoms with Gasteiger partial charge in [0, 0.05) is 45.8 Å². The van der Waals surface area contributed by atoms with E-state index in [9.17, 15) is 13.2 Å². The van der Waals surface area contributed by atoms with Gasteiger partial charge in [0.2, 0.25) is 15.9 Å². The summed E-state index contributed by atoms with van der Waals surface area (Å²) in [6, 6.07) is 4.96. The van der Waals surface area contributed by atoms with Crippen LogP contribution in [0.1, 0.15) is 32.6 Å². The summed E-state index contributed by atoms with van der Waals surface area (Å²) >= 11 is 0. The predicted molar refractivity (Wildman–Crippen MR) is 109 cm³/mol. The minimum Gasteiger partial charge on any atom is -0.385 e. The molecule has 0 bridgehead atoms. The highest BCUT2D eigenvalue weighted by molar-refractivity contribution is 7.89. The second kappa shape index (κ2) is 9.64. The molecule has 1 amide bonds. The van der Waals surface area contributed by atoms with Crippen LogP contribution in [0.3, 0.4) is 0 Å². The molecule has 0 radical (unpaired) electrons. The molecule has 3 rings (SSSR count). The molecular weight excluding hydrogens is 394 g/mol. The zero-order valence-electron chi connectivity index (χ0n) is 17.0. The van der Waals surface area contributed by atoms with E-state index in [1.54, 1.807) is 30.0 Å². The first kappa shape index (κ1) is 21.7. The van der Waals surface area contributed by atoms with Crippen LogP contribution in [-0.4, -0.2) is 67.0 Å². The first-order valence-corrected chi connectivity index (χ1v) is 11.5. The van der Waals surface area contributed by atoms with Gasteiger partial charge >= 0.3 is 0 Å². The molecule has 10 heteroatoms. The Morgan fingerprint density at radius 2 is 2.07 bits per heavy atom. The number of piperidine rings is 1. The van der Waals surface area contributed by atoms with Gasteiger partial charge in [-0.25, -0.2) is 13.1 Å². The van der Waals surface area contributed by atoms with Crippen molar-refractivity contribution >= 4 is 27.0 Å². The highest BCUT2D eigenvalue weighted by Gasteiger charge is 2.32. The van der Waals surface area contributed by atoms with E-state index in [2.05, 4.69) is 22.6 Å². The van der Waals surface area contributed by atoms with Crippen LogP contribution in [0.2, 0.25) is 0 Å². The molecule has 1 fully saturated rings. The Balaban J connectivity index is 1.62. The van der Waals surface area contributed by atoms with E-state index in [-0.39, 0.29) is 16.7 Å². The van der Waals surface area contributed by atoms with Crippen molar-refractivity contribution in [3.63, 3.8) is 0 Å². The quantitative estimate of drug-likeness (QED) is 0.611. The lowest BCUT2D eigenvalue weighted by Crippen LogP contribution is -2.43. The fourth-order valence-corrected chi connectivity index (χ4v) is 5.06. The van der Waals surface area contributed by atoms with Crippen LogP contribution in [0.25, 0.3) is 11.0 Å². The zero-order valence-corrected chi connectivity index (χ0v) is 17.8. The molecule has 29 heavy (non-hydrogen) atoms. The lowest BCUT2D eigenvalue weighted by atomic mass is 9.97. The number of amides is 1. The van der Waals surface area contributed by atoms with Crippen LogP contribution in [0.4, 0.5) is 0 Å². The molecule has 0 atom stereocenters. The molecule has 0 saturated carbocycles. The summed E-state index contributed by atoms with van der Waals surface area (Å²) < 4.78 is 34.3. The maximum absolute atomic E-state index is 13.0. The number of fused-ring (bicyclic) bond motifs is 1. The Morgan fingerprint density at radius 3 is 2.76 bits per heavy atom. The van der Waals surface area contributed by atoms with E-state index in [0.29, 0.717) is 44.6 Å². The Labute approximate surface area is 171 Å². The number of rotatable bonds is 9. The normalized spacial score (nSPS) is 16.3. The van der Waals surface area contributed by atoms with Crippen molar-refractivity contribution in [3.05, 3.63) is 18.2 Å². The van der Waals surface area contributed by atoms with Gasteiger partial charge in [0.1, 0.15) is 5.52 Å². The molecule has 2 aromatic rings. The Kier molecular flexibility index (Phi) is 7.20. The number of aryl methyl sites for hydroxylation is 1. The summed E-state index contributed by atoms with van der Waals surface area (Å²) in [7, 11) is -1.99. The summed E-state index contributed by atoms with van der Waals surface area (Å²) in [6.07, 6.45) is 2.72. The molecule has 0 unspecified atom stereocenters. The minimum absolute atomic E-state index is 0.00731. The molecule has 160 valence electrons. The third-order valence-corrected chi connectivity index (χ3v) is 7.10. The third kappa shape index (κ3) is 4.93. The SMILES string of the molecule is CCCn1nnc2cc(S(=O)(=O)N3CCC(C(=O)NCCCOC)CC3)ccc21. The Hall–Kier alpha value is -2.04. The number of sulfonamides is 1. The van der Waals surface area contributed by atoms with Crippen molar-refractivity contribution in [1.82, 2.24) is 24.6 Å². The molecule has 1 saturated heterocycles. The molecule has 0 aliphatic carbocycles. The van der Waals surface area contributed by atoms with E-state index < -0.39 is 10.0 Å². The number of nitrogens with one attached hydrogen (secondary N) is 1. The largest absolute Gasteiger partial charge is 0.385 e. The van der Waals surface area contributed by atoms with Crippen LogP contribution in [0.5, 0.6) is 0 Å². The molecule has 9 nitrogen and oxygen atoms in total. The standard InChI is InChI=1S/C19H29N5O4S/c1-3-10-24-18-6-5-16(14-17(18)21-22-24)29(26,27)23-11-7-15(8-12-23)19(25)20-9-4-13-28-2/h5-6,14-15H,3-4,7-13H2,1-2H3,(H,20,25). The van der Waals surface area contributed by atoms with Crippen molar-refractivity contribution in [2.45, 2.75) is 44.0 Å². The van der Waals surface area contributed by atoms with Gasteiger partial charge in [0.15, 0.2) is 0 Å². The van der Waals surface area contributed by atoms with Crippen molar-refractivity contribution < 1.29 is 17.9 Å². The molecular formula is C19H29N5O4S. The molecule has 2 heterocycles. The minimum atomic E-state index is -3.62. The van der Waals surface area contributed by atoms with Crippen LogP contribution in [-0.2, 0) is 26.1 Å². The van der Waals surface area contributed by atoms with Crippen LogP contribution < -0.4 is 5.32 Å². The van der Waals surface area contributed by atoms with Crippen molar-refractivity contribution in [1.29, 1.82) is 0 Å². The van der Waals surface area contributed by atoms with E-state index in [1.807, 2.05) is 0 Å². The first-order chi connectivity index (χ1) is 14.0. The summed E-state index contributed by atoms with van der Waals surface area (Å²) in [4.78, 5) is 12.5. The molecule has 1 aliphatic heterocycles. The van der Waals surface area contributed by atoms with Crippen LogP contribution >= 0.6 is 0 Å². The summed E-state index contributed by atoms with van der Waals surface area (Å²) in [5, 5.41) is 11.1. The number of carbonyl (C=O) groups excluding carboxylic acids is 1. The second-order valence-electron chi connectivity index (χ2n) is 7.28.